The molecular weight excluding hydrogens is 360 g/mol. The highest BCUT2D eigenvalue weighted by atomic mass is 19.1. The zero-order valence-electron chi connectivity index (χ0n) is 16.3. The minimum atomic E-state index is -0.636. The Morgan fingerprint density at radius 2 is 1.82 bits per heavy atom. The molecule has 28 heavy (non-hydrogen) atoms. The third-order valence-corrected chi connectivity index (χ3v) is 7.62. The Kier molecular flexibility index (Phi) is 3.91. The summed E-state index contributed by atoms with van der Waals surface area (Å²) in [6.07, 6.45) is 3.39. The van der Waals surface area contributed by atoms with Gasteiger partial charge in [0.15, 0.2) is 0 Å². The molecule has 1 N–H and O–H groups in total. The van der Waals surface area contributed by atoms with Gasteiger partial charge >= 0.3 is 0 Å². The summed E-state index contributed by atoms with van der Waals surface area (Å²) in [7, 11) is 0. The molecule has 0 spiro atoms. The molecule has 1 unspecified atom stereocenters. The molecule has 1 aromatic carbocycles. The lowest BCUT2D eigenvalue weighted by Gasteiger charge is -2.45. The number of hydrogen-bond donors (Lipinski definition) is 1. The number of halogens is 2. The first-order chi connectivity index (χ1) is 13.4. The number of rotatable bonds is 3. The van der Waals surface area contributed by atoms with Crippen molar-refractivity contribution < 1.29 is 13.9 Å². The number of benzene rings is 1. The molecule has 3 aliphatic rings. The number of nitrogens with zero attached hydrogens (tertiary/aromatic N) is 3. The van der Waals surface area contributed by atoms with Crippen LogP contribution in [-0.2, 0) is 5.41 Å². The van der Waals surface area contributed by atoms with Crippen molar-refractivity contribution in [3.63, 3.8) is 0 Å². The number of likely N-dealkylation sites (tertiary alicyclic amines) is 1. The third kappa shape index (κ3) is 2.16. The van der Waals surface area contributed by atoms with Crippen LogP contribution in [0.4, 0.5) is 8.78 Å². The van der Waals surface area contributed by atoms with E-state index in [1.807, 2.05) is 0 Å². The molecule has 2 aromatic rings. The first-order valence-electron chi connectivity index (χ1n) is 10.1. The average molecular weight is 385 g/mol. The van der Waals surface area contributed by atoms with E-state index in [9.17, 15) is 13.9 Å². The van der Waals surface area contributed by atoms with E-state index < -0.39 is 23.3 Å². The number of hydrogen-bond acceptors (Lipinski definition) is 4. The van der Waals surface area contributed by atoms with E-state index in [2.05, 4.69) is 28.9 Å². The Balaban J connectivity index is 1.65. The van der Waals surface area contributed by atoms with Gasteiger partial charge < -0.3 is 5.11 Å². The van der Waals surface area contributed by atoms with Crippen molar-refractivity contribution in [1.82, 2.24) is 15.1 Å². The maximum atomic E-state index is 14.3. The smallest absolute Gasteiger partial charge is 0.135 e. The molecule has 2 fully saturated rings. The van der Waals surface area contributed by atoms with Crippen molar-refractivity contribution in [3.8, 4) is 11.3 Å². The summed E-state index contributed by atoms with van der Waals surface area (Å²) in [6, 6.07) is 5.62. The zero-order chi connectivity index (χ0) is 19.7. The second-order valence-corrected chi connectivity index (χ2v) is 9.03. The molecule has 2 heterocycles. The van der Waals surface area contributed by atoms with Crippen LogP contribution in [-0.4, -0.2) is 39.5 Å². The number of fused-ring (bicyclic) bond motifs is 5. The van der Waals surface area contributed by atoms with Crippen molar-refractivity contribution in [2.45, 2.75) is 57.1 Å². The number of aliphatic hydroxyl groups excluding tert-OH is 1. The monoisotopic (exact) mass is 385 g/mol. The number of aromatic nitrogens is 2. The summed E-state index contributed by atoms with van der Waals surface area (Å²) in [5, 5.41) is 20.1. The van der Waals surface area contributed by atoms with Gasteiger partial charge in [-0.1, -0.05) is 19.9 Å². The van der Waals surface area contributed by atoms with Crippen LogP contribution < -0.4 is 0 Å². The largest absolute Gasteiger partial charge is 0.377 e. The lowest BCUT2D eigenvalue weighted by Crippen LogP contribution is -2.54. The van der Waals surface area contributed by atoms with E-state index in [0.29, 0.717) is 0 Å². The van der Waals surface area contributed by atoms with Gasteiger partial charge in [0, 0.05) is 13.1 Å². The summed E-state index contributed by atoms with van der Waals surface area (Å²) in [5.74, 6) is -1.07. The Hall–Kier alpha value is -1.92. The fraction of sp³-hybridized carbons (Fsp3) is 0.545. The molecule has 1 aliphatic heterocycles. The van der Waals surface area contributed by atoms with Crippen molar-refractivity contribution in [3.05, 3.63) is 47.2 Å². The highest BCUT2D eigenvalue weighted by Gasteiger charge is 2.67. The van der Waals surface area contributed by atoms with Gasteiger partial charge in [0.2, 0.25) is 0 Å². The van der Waals surface area contributed by atoms with E-state index in [-0.39, 0.29) is 22.6 Å². The van der Waals surface area contributed by atoms with Crippen LogP contribution >= 0.6 is 0 Å². The van der Waals surface area contributed by atoms with Gasteiger partial charge in [-0.05, 0) is 60.8 Å². The minimum absolute atomic E-state index is 0.132. The van der Waals surface area contributed by atoms with Crippen LogP contribution in [0.2, 0.25) is 0 Å². The van der Waals surface area contributed by atoms with Gasteiger partial charge in [-0.15, -0.1) is 5.10 Å². The van der Waals surface area contributed by atoms with Crippen molar-refractivity contribution >= 4 is 0 Å². The maximum absolute atomic E-state index is 14.3. The molecule has 148 valence electrons. The summed E-state index contributed by atoms with van der Waals surface area (Å²) in [5.41, 5.74) is 1.21. The van der Waals surface area contributed by atoms with Crippen molar-refractivity contribution in [1.29, 1.82) is 0 Å². The quantitative estimate of drug-likeness (QED) is 0.868. The van der Waals surface area contributed by atoms with Crippen LogP contribution in [0.3, 0.4) is 0 Å². The van der Waals surface area contributed by atoms with Crippen molar-refractivity contribution in [2.75, 3.05) is 13.1 Å². The highest BCUT2D eigenvalue weighted by Crippen LogP contribution is 2.69. The van der Waals surface area contributed by atoms with Gasteiger partial charge in [-0.2, -0.15) is 5.10 Å². The fourth-order valence-corrected chi connectivity index (χ4v) is 6.10. The van der Waals surface area contributed by atoms with Gasteiger partial charge in [-0.25, -0.2) is 8.78 Å². The Morgan fingerprint density at radius 3 is 2.50 bits per heavy atom. The summed E-state index contributed by atoms with van der Waals surface area (Å²) >= 11 is 0. The normalized spacial score (nSPS) is 29.2. The molecular formula is C22H25F2N3O. The topological polar surface area (TPSA) is 49.2 Å². The summed E-state index contributed by atoms with van der Waals surface area (Å²) in [6.45, 7) is 6.17. The van der Waals surface area contributed by atoms with Gasteiger partial charge in [0.1, 0.15) is 17.9 Å². The Bertz CT molecular complexity index is 921. The van der Waals surface area contributed by atoms with E-state index >= 15 is 0 Å². The third-order valence-electron chi connectivity index (χ3n) is 7.62. The molecule has 6 heteroatoms. The molecule has 2 aliphatic carbocycles. The van der Waals surface area contributed by atoms with Crippen LogP contribution in [0, 0.1) is 17.0 Å². The molecule has 4 nitrogen and oxygen atoms in total. The van der Waals surface area contributed by atoms with Crippen molar-refractivity contribution in [2.24, 2.45) is 5.41 Å². The molecule has 0 amide bonds. The predicted molar refractivity (Wildman–Crippen MR) is 102 cm³/mol. The molecule has 0 radical (unpaired) electrons. The highest BCUT2D eigenvalue weighted by molar-refractivity contribution is 5.63. The van der Waals surface area contributed by atoms with Crippen LogP contribution in [0.15, 0.2) is 24.3 Å². The lowest BCUT2D eigenvalue weighted by molar-refractivity contribution is -0.0777. The van der Waals surface area contributed by atoms with E-state index in [0.717, 1.165) is 50.0 Å². The summed E-state index contributed by atoms with van der Waals surface area (Å²) in [4.78, 5) is 2.16. The van der Waals surface area contributed by atoms with E-state index in [1.165, 1.54) is 18.2 Å². The first-order valence-corrected chi connectivity index (χ1v) is 10.1. The second-order valence-electron chi connectivity index (χ2n) is 9.03. The molecule has 1 saturated carbocycles. The Morgan fingerprint density at radius 1 is 1.14 bits per heavy atom. The molecule has 2 bridgehead atoms. The molecule has 1 saturated heterocycles. The number of aliphatic hydroxyl groups is 1. The fourth-order valence-electron chi connectivity index (χ4n) is 6.10. The Labute approximate surface area is 163 Å². The van der Waals surface area contributed by atoms with E-state index in [4.69, 9.17) is 0 Å². The van der Waals surface area contributed by atoms with Gasteiger partial charge in [-0.3, -0.25) is 4.90 Å². The van der Waals surface area contributed by atoms with E-state index in [1.54, 1.807) is 6.07 Å². The molecule has 3 atom stereocenters. The standard InChI is InChI=1S/C22H25F2N3O/c1-21(2)14-8-9-22(21,20(28)27-10-3-4-11-27)19-13(14)12-17(25-26-19)18-15(23)6-5-7-16(18)24/h5-7,12,14,20,28H,3-4,8-11H2,1-2H3/t14-,20?,22+/m1/s1. The second kappa shape index (κ2) is 6.04. The summed E-state index contributed by atoms with van der Waals surface area (Å²) < 4.78 is 28.6. The van der Waals surface area contributed by atoms with Crippen LogP contribution in [0.1, 0.15) is 56.7 Å². The molecule has 5 rings (SSSR count). The molecule has 1 aromatic heterocycles. The first kappa shape index (κ1) is 18.1. The maximum Gasteiger partial charge on any atom is 0.135 e. The van der Waals surface area contributed by atoms with Crippen LogP contribution in [0.5, 0.6) is 0 Å². The van der Waals surface area contributed by atoms with Crippen LogP contribution in [0.25, 0.3) is 11.3 Å². The minimum Gasteiger partial charge on any atom is -0.377 e. The van der Waals surface area contributed by atoms with Gasteiger partial charge in [0.25, 0.3) is 0 Å². The zero-order valence-corrected chi connectivity index (χ0v) is 16.3. The predicted octanol–water partition coefficient (Wildman–Crippen LogP) is 3.99. The van der Waals surface area contributed by atoms with Gasteiger partial charge in [0.05, 0.1) is 22.4 Å². The lowest BCUT2D eigenvalue weighted by atomic mass is 9.67. The average Bonchev–Trinajstić information content (AvgIpc) is 3.33. The SMILES string of the molecule is CC1(C)[C@@H]2CC[C@@]1(C(O)N1CCCC1)c1nnc(-c3c(F)cccc3F)cc12.